The van der Waals surface area contributed by atoms with Crippen molar-refractivity contribution < 1.29 is 18.7 Å². The summed E-state index contributed by atoms with van der Waals surface area (Å²) in [6, 6.07) is 5.96. The summed E-state index contributed by atoms with van der Waals surface area (Å²) in [5.41, 5.74) is 0. The number of rotatable bonds is 5. The predicted molar refractivity (Wildman–Crippen MR) is 68.5 cm³/mol. The third-order valence-electron chi connectivity index (χ3n) is 3.11. The van der Waals surface area contributed by atoms with Gasteiger partial charge in [0.2, 0.25) is 0 Å². The van der Waals surface area contributed by atoms with Crippen LogP contribution in [0.2, 0.25) is 0 Å². The van der Waals surface area contributed by atoms with Crippen LogP contribution >= 0.6 is 0 Å². The van der Waals surface area contributed by atoms with Crippen molar-refractivity contribution in [3.8, 4) is 5.75 Å². The van der Waals surface area contributed by atoms with Crippen molar-refractivity contribution in [1.82, 2.24) is 5.32 Å². The normalized spacial score (nSPS) is 20.0. The molecule has 5 heteroatoms. The summed E-state index contributed by atoms with van der Waals surface area (Å²) in [5, 5.41) is 2.80. The number of para-hydroxylation sites is 1. The minimum Gasteiger partial charge on any atom is -0.481 e. The van der Waals surface area contributed by atoms with Crippen LogP contribution in [0.5, 0.6) is 5.75 Å². The molecule has 0 bridgehead atoms. The lowest BCUT2D eigenvalue weighted by molar-refractivity contribution is -0.124. The lowest BCUT2D eigenvalue weighted by Gasteiger charge is -2.20. The van der Waals surface area contributed by atoms with Crippen LogP contribution < -0.4 is 10.1 Å². The molecule has 1 heterocycles. The van der Waals surface area contributed by atoms with Gasteiger partial charge in [-0.25, -0.2) is 4.39 Å². The summed E-state index contributed by atoms with van der Waals surface area (Å²) in [5.74, 6) is -0.656. The molecule has 0 aromatic heterocycles. The first-order chi connectivity index (χ1) is 9.16. The third kappa shape index (κ3) is 3.92. The maximum Gasteiger partial charge on any atom is 0.258 e. The van der Waals surface area contributed by atoms with Crippen LogP contribution in [0.15, 0.2) is 24.3 Å². The summed E-state index contributed by atoms with van der Waals surface area (Å²) in [7, 11) is 0. The van der Waals surface area contributed by atoms with Crippen molar-refractivity contribution in [1.29, 1.82) is 0 Å². The molecule has 0 spiro atoms. The zero-order valence-electron chi connectivity index (χ0n) is 10.9. The minimum absolute atomic E-state index is 0.0563. The van der Waals surface area contributed by atoms with Crippen LogP contribution in [0, 0.1) is 5.82 Å². The average Bonchev–Trinajstić information content (AvgIpc) is 2.91. The molecule has 0 saturated carbocycles. The molecule has 1 aliphatic heterocycles. The van der Waals surface area contributed by atoms with Crippen LogP contribution in [0.4, 0.5) is 4.39 Å². The number of benzene rings is 1. The average molecular weight is 267 g/mol. The van der Waals surface area contributed by atoms with Gasteiger partial charge in [-0.2, -0.15) is 0 Å². The minimum atomic E-state index is -0.470. The molecule has 104 valence electrons. The Labute approximate surface area is 111 Å². The number of hydrogen-bond donors (Lipinski definition) is 1. The van der Waals surface area contributed by atoms with E-state index in [1.165, 1.54) is 12.1 Å². The number of amides is 1. The lowest BCUT2D eigenvalue weighted by Crippen LogP contribution is -2.42. The second kappa shape index (κ2) is 6.52. The molecule has 2 atom stereocenters. The Morgan fingerprint density at radius 2 is 2.37 bits per heavy atom. The summed E-state index contributed by atoms with van der Waals surface area (Å²) in [6.07, 6.45) is 2.05. The molecule has 1 aromatic rings. The van der Waals surface area contributed by atoms with Gasteiger partial charge >= 0.3 is 0 Å². The Bertz CT molecular complexity index is 432. The van der Waals surface area contributed by atoms with Crippen molar-refractivity contribution in [3.05, 3.63) is 30.1 Å². The first kappa shape index (κ1) is 13.8. The zero-order valence-corrected chi connectivity index (χ0v) is 10.9. The van der Waals surface area contributed by atoms with E-state index in [1.807, 2.05) is 6.92 Å². The Morgan fingerprint density at radius 3 is 3.05 bits per heavy atom. The Balaban J connectivity index is 1.77. The molecule has 1 N–H and O–H groups in total. The fourth-order valence-corrected chi connectivity index (χ4v) is 2.09. The number of ether oxygens (including phenoxy) is 2. The Hall–Kier alpha value is -1.62. The quantitative estimate of drug-likeness (QED) is 0.886. The summed E-state index contributed by atoms with van der Waals surface area (Å²) in [4.78, 5) is 11.7. The van der Waals surface area contributed by atoms with Crippen LogP contribution in [0.25, 0.3) is 0 Å². The first-order valence-electron chi connectivity index (χ1n) is 6.45. The van der Waals surface area contributed by atoms with Gasteiger partial charge in [0, 0.05) is 6.61 Å². The van der Waals surface area contributed by atoms with E-state index in [4.69, 9.17) is 9.47 Å². The van der Waals surface area contributed by atoms with Crippen molar-refractivity contribution in [2.75, 3.05) is 13.2 Å². The number of halogens is 1. The van der Waals surface area contributed by atoms with Crippen LogP contribution in [0.1, 0.15) is 19.8 Å². The molecule has 0 unspecified atom stereocenters. The molecule has 0 aliphatic carbocycles. The highest BCUT2D eigenvalue weighted by Crippen LogP contribution is 2.16. The van der Waals surface area contributed by atoms with Crippen molar-refractivity contribution in [3.63, 3.8) is 0 Å². The van der Waals surface area contributed by atoms with E-state index in [0.717, 1.165) is 19.4 Å². The Kier molecular flexibility index (Phi) is 4.74. The molecule has 19 heavy (non-hydrogen) atoms. The number of hydrogen-bond acceptors (Lipinski definition) is 3. The fourth-order valence-electron chi connectivity index (χ4n) is 2.09. The summed E-state index contributed by atoms with van der Waals surface area (Å²) in [6.45, 7) is 2.45. The van der Waals surface area contributed by atoms with E-state index in [1.54, 1.807) is 12.1 Å². The predicted octanol–water partition coefficient (Wildman–Crippen LogP) is 1.89. The lowest BCUT2D eigenvalue weighted by atomic mass is 10.1. The van der Waals surface area contributed by atoms with Crippen molar-refractivity contribution >= 4 is 5.91 Å². The molecule has 1 saturated heterocycles. The van der Waals surface area contributed by atoms with E-state index in [9.17, 15) is 9.18 Å². The summed E-state index contributed by atoms with van der Waals surface area (Å²) >= 11 is 0. The smallest absolute Gasteiger partial charge is 0.258 e. The largest absolute Gasteiger partial charge is 0.481 e. The molecule has 2 rings (SSSR count). The maximum atomic E-state index is 13.3. The fraction of sp³-hybridized carbons (Fsp3) is 0.500. The second-order valence-electron chi connectivity index (χ2n) is 4.63. The van der Waals surface area contributed by atoms with E-state index in [-0.39, 0.29) is 30.4 Å². The highest BCUT2D eigenvalue weighted by molar-refractivity contribution is 5.77. The van der Waals surface area contributed by atoms with Gasteiger partial charge in [-0.05, 0) is 31.9 Å². The van der Waals surface area contributed by atoms with Gasteiger partial charge in [-0.15, -0.1) is 0 Å². The van der Waals surface area contributed by atoms with Gasteiger partial charge in [0.25, 0.3) is 5.91 Å². The van der Waals surface area contributed by atoms with E-state index < -0.39 is 5.82 Å². The van der Waals surface area contributed by atoms with E-state index >= 15 is 0 Å². The molecular formula is C14H18FNO3. The van der Waals surface area contributed by atoms with Gasteiger partial charge in [-0.3, -0.25) is 4.79 Å². The topological polar surface area (TPSA) is 47.6 Å². The molecular weight excluding hydrogens is 249 g/mol. The SMILES string of the molecule is C[C@H](NC(=O)COc1ccccc1F)[C@H]1CCCO1. The zero-order chi connectivity index (χ0) is 13.7. The third-order valence-corrected chi connectivity index (χ3v) is 3.11. The van der Waals surface area contributed by atoms with Crippen LogP contribution in [0.3, 0.4) is 0 Å². The number of carbonyl (C=O) groups is 1. The molecule has 1 amide bonds. The summed E-state index contributed by atoms with van der Waals surface area (Å²) < 4.78 is 23.9. The molecule has 1 aliphatic rings. The van der Waals surface area contributed by atoms with E-state index in [2.05, 4.69) is 5.32 Å². The van der Waals surface area contributed by atoms with Crippen molar-refractivity contribution in [2.45, 2.75) is 31.9 Å². The van der Waals surface area contributed by atoms with Crippen LogP contribution in [-0.4, -0.2) is 31.3 Å². The highest BCUT2D eigenvalue weighted by atomic mass is 19.1. The highest BCUT2D eigenvalue weighted by Gasteiger charge is 2.23. The Morgan fingerprint density at radius 1 is 1.58 bits per heavy atom. The van der Waals surface area contributed by atoms with Gasteiger partial charge in [0.1, 0.15) is 0 Å². The van der Waals surface area contributed by atoms with Crippen LogP contribution in [-0.2, 0) is 9.53 Å². The maximum absolute atomic E-state index is 13.3. The molecule has 4 nitrogen and oxygen atoms in total. The van der Waals surface area contributed by atoms with Gasteiger partial charge in [0.05, 0.1) is 12.1 Å². The standard InChI is InChI=1S/C14H18FNO3/c1-10(12-7-4-8-18-12)16-14(17)9-19-13-6-3-2-5-11(13)15/h2-3,5-6,10,12H,4,7-9H2,1H3,(H,16,17)/t10-,12+/m0/s1. The molecule has 1 fully saturated rings. The first-order valence-corrected chi connectivity index (χ1v) is 6.45. The van der Waals surface area contributed by atoms with Gasteiger partial charge < -0.3 is 14.8 Å². The number of nitrogens with one attached hydrogen (secondary N) is 1. The van der Waals surface area contributed by atoms with Gasteiger partial charge in [0.15, 0.2) is 18.2 Å². The number of carbonyl (C=O) groups excluding carboxylic acids is 1. The second-order valence-corrected chi connectivity index (χ2v) is 4.63. The molecule has 0 radical (unpaired) electrons. The van der Waals surface area contributed by atoms with Crippen molar-refractivity contribution in [2.24, 2.45) is 0 Å². The van der Waals surface area contributed by atoms with Gasteiger partial charge in [-0.1, -0.05) is 12.1 Å². The molecule has 1 aromatic carbocycles. The monoisotopic (exact) mass is 267 g/mol. The van der Waals surface area contributed by atoms with E-state index in [0.29, 0.717) is 0 Å².